The van der Waals surface area contributed by atoms with Crippen LogP contribution < -0.4 is 10.5 Å². The SMILES string of the molecule is NC(=O)COc1ccc(C(=O)OCc2ccccc2Br)cc1. The minimum atomic E-state index is -0.558. The molecule has 5 nitrogen and oxygen atoms in total. The summed E-state index contributed by atoms with van der Waals surface area (Å²) in [7, 11) is 0. The van der Waals surface area contributed by atoms with E-state index in [1.165, 1.54) is 0 Å². The van der Waals surface area contributed by atoms with Crippen LogP contribution in [-0.4, -0.2) is 18.5 Å². The van der Waals surface area contributed by atoms with Crippen molar-refractivity contribution in [2.45, 2.75) is 6.61 Å². The number of halogens is 1. The Balaban J connectivity index is 1.92. The molecule has 2 aromatic carbocycles. The Labute approximate surface area is 136 Å². The van der Waals surface area contributed by atoms with Gasteiger partial charge in [0.05, 0.1) is 5.56 Å². The molecule has 0 bridgehead atoms. The molecule has 0 aliphatic heterocycles. The summed E-state index contributed by atoms with van der Waals surface area (Å²) in [6, 6.07) is 13.8. The summed E-state index contributed by atoms with van der Waals surface area (Å²) in [6.45, 7) is -0.0218. The second-order valence-electron chi connectivity index (χ2n) is 4.45. The molecule has 6 heteroatoms. The van der Waals surface area contributed by atoms with Crippen LogP contribution >= 0.6 is 15.9 Å². The predicted octanol–water partition coefficient (Wildman–Crippen LogP) is 2.67. The van der Waals surface area contributed by atoms with Gasteiger partial charge in [-0.1, -0.05) is 34.1 Å². The molecule has 114 valence electrons. The van der Waals surface area contributed by atoms with E-state index < -0.39 is 11.9 Å². The van der Waals surface area contributed by atoms with Crippen molar-refractivity contribution in [2.24, 2.45) is 5.73 Å². The van der Waals surface area contributed by atoms with Crippen molar-refractivity contribution in [3.63, 3.8) is 0 Å². The fourth-order valence-corrected chi connectivity index (χ4v) is 2.08. The van der Waals surface area contributed by atoms with Gasteiger partial charge < -0.3 is 15.2 Å². The molecule has 0 heterocycles. The lowest BCUT2D eigenvalue weighted by Crippen LogP contribution is -2.20. The normalized spacial score (nSPS) is 10.0. The number of ether oxygens (including phenoxy) is 2. The molecule has 0 aromatic heterocycles. The molecule has 0 spiro atoms. The molecular weight excluding hydrogens is 350 g/mol. The molecule has 1 amide bonds. The van der Waals surface area contributed by atoms with Crippen LogP contribution in [0.15, 0.2) is 53.0 Å². The monoisotopic (exact) mass is 363 g/mol. The van der Waals surface area contributed by atoms with Crippen LogP contribution in [0.4, 0.5) is 0 Å². The van der Waals surface area contributed by atoms with Crippen LogP contribution in [0.5, 0.6) is 5.75 Å². The highest BCUT2D eigenvalue weighted by molar-refractivity contribution is 9.10. The summed E-state index contributed by atoms with van der Waals surface area (Å²) < 4.78 is 11.3. The van der Waals surface area contributed by atoms with Crippen LogP contribution in [0.3, 0.4) is 0 Å². The molecule has 22 heavy (non-hydrogen) atoms. The first-order valence-electron chi connectivity index (χ1n) is 6.48. The fourth-order valence-electron chi connectivity index (χ4n) is 1.68. The van der Waals surface area contributed by atoms with Gasteiger partial charge in [0, 0.05) is 10.0 Å². The Morgan fingerprint density at radius 2 is 1.73 bits per heavy atom. The quantitative estimate of drug-likeness (QED) is 0.800. The van der Waals surface area contributed by atoms with E-state index in [4.69, 9.17) is 15.2 Å². The molecule has 0 atom stereocenters. The van der Waals surface area contributed by atoms with Gasteiger partial charge in [0.2, 0.25) is 0 Å². The molecule has 2 rings (SSSR count). The van der Waals surface area contributed by atoms with Gasteiger partial charge in [0.1, 0.15) is 12.4 Å². The maximum atomic E-state index is 12.0. The summed E-state index contributed by atoms with van der Waals surface area (Å²) in [6.07, 6.45) is 0. The number of primary amides is 1. The Hall–Kier alpha value is -2.34. The third-order valence-electron chi connectivity index (χ3n) is 2.79. The van der Waals surface area contributed by atoms with E-state index in [-0.39, 0.29) is 13.2 Å². The molecule has 0 aliphatic rings. The minimum absolute atomic E-state index is 0.181. The summed E-state index contributed by atoms with van der Waals surface area (Å²) in [5.74, 6) is -0.532. The number of hydrogen-bond donors (Lipinski definition) is 1. The average molecular weight is 364 g/mol. The van der Waals surface area contributed by atoms with E-state index >= 15 is 0 Å². The van der Waals surface area contributed by atoms with E-state index in [2.05, 4.69) is 15.9 Å². The van der Waals surface area contributed by atoms with E-state index in [1.54, 1.807) is 24.3 Å². The summed E-state index contributed by atoms with van der Waals surface area (Å²) in [5.41, 5.74) is 6.27. The van der Waals surface area contributed by atoms with Crippen LogP contribution in [0, 0.1) is 0 Å². The van der Waals surface area contributed by atoms with Crippen molar-refractivity contribution >= 4 is 27.8 Å². The van der Waals surface area contributed by atoms with Crippen LogP contribution in [-0.2, 0) is 16.1 Å². The number of hydrogen-bond acceptors (Lipinski definition) is 4. The first kappa shape index (κ1) is 16.0. The topological polar surface area (TPSA) is 78.6 Å². The van der Waals surface area contributed by atoms with Crippen LogP contribution in [0.25, 0.3) is 0 Å². The first-order chi connectivity index (χ1) is 10.6. The molecule has 0 unspecified atom stereocenters. The maximum Gasteiger partial charge on any atom is 0.338 e. The van der Waals surface area contributed by atoms with Gasteiger partial charge in [-0.3, -0.25) is 4.79 Å². The Kier molecular flexibility index (Phi) is 5.55. The standard InChI is InChI=1S/C16H14BrNO4/c17-14-4-2-1-3-12(14)9-22-16(20)11-5-7-13(8-6-11)21-10-15(18)19/h1-8H,9-10H2,(H2,18,19). The molecule has 0 saturated carbocycles. The lowest BCUT2D eigenvalue weighted by Gasteiger charge is -2.07. The molecule has 2 aromatic rings. The van der Waals surface area contributed by atoms with Crippen molar-refractivity contribution in [2.75, 3.05) is 6.61 Å². The number of rotatable bonds is 6. The van der Waals surface area contributed by atoms with Crippen molar-refractivity contribution < 1.29 is 19.1 Å². The fraction of sp³-hybridized carbons (Fsp3) is 0.125. The Morgan fingerprint density at radius 3 is 2.36 bits per heavy atom. The Morgan fingerprint density at radius 1 is 1.05 bits per heavy atom. The number of carbonyl (C=O) groups is 2. The third kappa shape index (κ3) is 4.60. The molecule has 0 saturated heterocycles. The van der Waals surface area contributed by atoms with Gasteiger partial charge in [-0.25, -0.2) is 4.79 Å². The van der Waals surface area contributed by atoms with E-state index in [0.29, 0.717) is 11.3 Å². The van der Waals surface area contributed by atoms with Gasteiger partial charge >= 0.3 is 5.97 Å². The highest BCUT2D eigenvalue weighted by Crippen LogP contribution is 2.18. The number of amides is 1. The third-order valence-corrected chi connectivity index (χ3v) is 3.56. The van der Waals surface area contributed by atoms with Crippen molar-refractivity contribution in [1.29, 1.82) is 0 Å². The highest BCUT2D eigenvalue weighted by atomic mass is 79.9. The Bertz CT molecular complexity index is 670. The minimum Gasteiger partial charge on any atom is -0.484 e. The number of carbonyl (C=O) groups excluding carboxylic acids is 2. The van der Waals surface area contributed by atoms with Gasteiger partial charge in [0.15, 0.2) is 6.61 Å². The zero-order valence-corrected chi connectivity index (χ0v) is 13.2. The summed E-state index contributed by atoms with van der Waals surface area (Å²) >= 11 is 3.40. The molecule has 0 aliphatic carbocycles. The molecular formula is C16H14BrNO4. The highest BCUT2D eigenvalue weighted by Gasteiger charge is 2.09. The van der Waals surface area contributed by atoms with Gasteiger partial charge in [-0.05, 0) is 30.3 Å². The number of esters is 1. The van der Waals surface area contributed by atoms with Gasteiger partial charge in [0.25, 0.3) is 5.91 Å². The number of nitrogens with two attached hydrogens (primary N) is 1. The number of benzene rings is 2. The van der Waals surface area contributed by atoms with Crippen molar-refractivity contribution in [3.8, 4) is 5.75 Å². The molecule has 0 fully saturated rings. The second-order valence-corrected chi connectivity index (χ2v) is 5.30. The second kappa shape index (κ2) is 7.61. The van der Waals surface area contributed by atoms with E-state index in [9.17, 15) is 9.59 Å². The van der Waals surface area contributed by atoms with Gasteiger partial charge in [-0.15, -0.1) is 0 Å². The molecule has 0 radical (unpaired) electrons. The summed E-state index contributed by atoms with van der Waals surface area (Å²) in [4.78, 5) is 22.6. The van der Waals surface area contributed by atoms with Crippen LogP contribution in [0.1, 0.15) is 15.9 Å². The largest absolute Gasteiger partial charge is 0.484 e. The maximum absolute atomic E-state index is 12.0. The average Bonchev–Trinajstić information content (AvgIpc) is 2.52. The lowest BCUT2D eigenvalue weighted by atomic mass is 10.2. The smallest absolute Gasteiger partial charge is 0.338 e. The zero-order chi connectivity index (χ0) is 15.9. The summed E-state index contributed by atoms with van der Waals surface area (Å²) in [5, 5.41) is 0. The van der Waals surface area contributed by atoms with E-state index in [0.717, 1.165) is 10.0 Å². The lowest BCUT2D eigenvalue weighted by molar-refractivity contribution is -0.119. The predicted molar refractivity (Wildman–Crippen MR) is 84.4 cm³/mol. The van der Waals surface area contributed by atoms with E-state index in [1.807, 2.05) is 24.3 Å². The van der Waals surface area contributed by atoms with Gasteiger partial charge in [-0.2, -0.15) is 0 Å². The zero-order valence-electron chi connectivity index (χ0n) is 11.6. The van der Waals surface area contributed by atoms with Crippen molar-refractivity contribution in [1.82, 2.24) is 0 Å². The first-order valence-corrected chi connectivity index (χ1v) is 7.27. The van der Waals surface area contributed by atoms with Crippen molar-refractivity contribution in [3.05, 3.63) is 64.1 Å². The molecule has 2 N–H and O–H groups in total. The van der Waals surface area contributed by atoms with Crippen LogP contribution in [0.2, 0.25) is 0 Å².